The van der Waals surface area contributed by atoms with Crippen molar-refractivity contribution in [1.82, 2.24) is 20.1 Å². The van der Waals surface area contributed by atoms with Gasteiger partial charge < -0.3 is 14.9 Å². The molecule has 4 heterocycles. The number of nitrogens with zero attached hydrogens (tertiary/aromatic N) is 4. The standard InChI is InChI=1S/C26H28FN5O2/c1-30-13-21(16-4-7-31(8-5-16)15-24(34)32-9-6-19(33)12-32)26-22(14-30)20-11-18(27)10-17-2-3-23(25(17)20)28-29-26/h2-4,10-11,14,19,29,33H,5-9,12-13,15H2,1H3/t19-/m0/s1. The van der Waals surface area contributed by atoms with Crippen LogP contribution in [-0.4, -0.2) is 83.8 Å². The normalized spacial score (nSPS) is 23.7. The minimum Gasteiger partial charge on any atom is -0.391 e. The Morgan fingerprint density at radius 1 is 1.29 bits per heavy atom. The number of amides is 1. The van der Waals surface area contributed by atoms with Gasteiger partial charge >= 0.3 is 0 Å². The van der Waals surface area contributed by atoms with E-state index >= 15 is 0 Å². The van der Waals surface area contributed by atoms with E-state index in [-0.39, 0.29) is 11.7 Å². The predicted molar refractivity (Wildman–Crippen MR) is 129 cm³/mol. The van der Waals surface area contributed by atoms with Crippen LogP contribution in [0, 0.1) is 5.82 Å². The number of carbonyl (C=O) groups excluding carboxylic acids is 1. The summed E-state index contributed by atoms with van der Waals surface area (Å²) >= 11 is 0. The van der Waals surface area contributed by atoms with Gasteiger partial charge in [0.15, 0.2) is 0 Å². The Hall–Kier alpha value is -3.23. The molecule has 8 heteroatoms. The monoisotopic (exact) mass is 461 g/mol. The Bertz CT molecular complexity index is 1230. The molecule has 0 radical (unpaired) electrons. The number of halogens is 1. The number of allylic oxidation sites excluding steroid dienone is 2. The number of aliphatic hydroxyl groups is 1. The Balaban J connectivity index is 1.28. The molecule has 7 nitrogen and oxygen atoms in total. The predicted octanol–water partition coefficient (Wildman–Crippen LogP) is 1.93. The number of likely N-dealkylation sites (N-methyl/N-ethyl adjacent to an activating group) is 1. The van der Waals surface area contributed by atoms with Gasteiger partial charge in [-0.3, -0.25) is 15.1 Å². The van der Waals surface area contributed by atoms with E-state index in [1.807, 2.05) is 19.2 Å². The summed E-state index contributed by atoms with van der Waals surface area (Å²) in [5.74, 6) is -0.165. The number of likely N-dealkylation sites (tertiary alicyclic amines) is 1. The van der Waals surface area contributed by atoms with Gasteiger partial charge in [-0.2, -0.15) is 5.10 Å². The number of nitrogens with one attached hydrogen (secondary N) is 1. The molecule has 0 bridgehead atoms. The van der Waals surface area contributed by atoms with Crippen molar-refractivity contribution >= 4 is 23.3 Å². The van der Waals surface area contributed by atoms with Gasteiger partial charge in [0.1, 0.15) is 5.82 Å². The third-order valence-corrected chi connectivity index (χ3v) is 7.27. The summed E-state index contributed by atoms with van der Waals surface area (Å²) in [4.78, 5) is 18.6. The van der Waals surface area contributed by atoms with Crippen molar-refractivity contribution in [2.24, 2.45) is 5.10 Å². The van der Waals surface area contributed by atoms with Gasteiger partial charge in [0.05, 0.1) is 24.1 Å². The maximum absolute atomic E-state index is 14.5. The molecule has 1 fully saturated rings. The second kappa shape index (κ2) is 8.21. The fraction of sp³-hybridized carbons (Fsp3) is 0.385. The van der Waals surface area contributed by atoms with Gasteiger partial charge in [-0.15, -0.1) is 0 Å². The molecule has 2 N–H and O–H groups in total. The highest BCUT2D eigenvalue weighted by molar-refractivity contribution is 6.20. The first kappa shape index (κ1) is 21.3. The quantitative estimate of drug-likeness (QED) is 0.720. The Kier molecular flexibility index (Phi) is 5.15. The fourth-order valence-corrected chi connectivity index (χ4v) is 5.52. The summed E-state index contributed by atoms with van der Waals surface area (Å²) in [6.07, 6.45) is 9.21. The van der Waals surface area contributed by atoms with Gasteiger partial charge in [0.2, 0.25) is 5.91 Å². The van der Waals surface area contributed by atoms with Gasteiger partial charge in [-0.25, -0.2) is 4.39 Å². The molecular formula is C26H28FN5O2. The zero-order valence-corrected chi connectivity index (χ0v) is 19.2. The molecule has 1 saturated heterocycles. The van der Waals surface area contributed by atoms with Crippen LogP contribution < -0.4 is 5.43 Å². The molecule has 34 heavy (non-hydrogen) atoms. The highest BCUT2D eigenvalue weighted by Crippen LogP contribution is 2.39. The number of carbonyl (C=O) groups is 1. The zero-order chi connectivity index (χ0) is 23.4. The van der Waals surface area contributed by atoms with Crippen molar-refractivity contribution in [2.45, 2.75) is 18.9 Å². The second-order valence-electron chi connectivity index (χ2n) is 9.67. The summed E-state index contributed by atoms with van der Waals surface area (Å²) in [6, 6.07) is 3.16. The molecule has 5 aliphatic rings. The molecule has 1 aliphatic carbocycles. The second-order valence-corrected chi connectivity index (χ2v) is 9.67. The molecule has 1 amide bonds. The molecule has 0 saturated carbocycles. The third kappa shape index (κ3) is 3.67. The van der Waals surface area contributed by atoms with Crippen LogP contribution in [0.1, 0.15) is 29.5 Å². The van der Waals surface area contributed by atoms with Crippen LogP contribution >= 0.6 is 0 Å². The molecule has 4 aliphatic heterocycles. The van der Waals surface area contributed by atoms with Crippen LogP contribution in [0.25, 0.3) is 11.6 Å². The smallest absolute Gasteiger partial charge is 0.236 e. The van der Waals surface area contributed by atoms with Gasteiger partial charge in [-0.1, -0.05) is 12.2 Å². The Morgan fingerprint density at radius 2 is 2.18 bits per heavy atom. The number of fused-ring (bicyclic) bond motifs is 2. The number of hydrogen-bond donors (Lipinski definition) is 2. The number of rotatable bonds is 3. The van der Waals surface area contributed by atoms with Gasteiger partial charge in [0.25, 0.3) is 0 Å². The summed E-state index contributed by atoms with van der Waals surface area (Å²) in [6.45, 7) is 3.68. The number of hydrogen-bond acceptors (Lipinski definition) is 6. The first-order valence-corrected chi connectivity index (χ1v) is 11.9. The molecule has 1 aromatic carbocycles. The number of hydrazone groups is 1. The van der Waals surface area contributed by atoms with E-state index in [1.165, 1.54) is 11.1 Å². The number of β-amino-alcohol motifs (C(OH)–C–C–N with tert-alkyl or cyclic N) is 1. The fourth-order valence-electron chi connectivity index (χ4n) is 5.52. The van der Waals surface area contributed by atoms with Crippen LogP contribution in [0.5, 0.6) is 0 Å². The van der Waals surface area contributed by atoms with Gasteiger partial charge in [0, 0.05) is 62.7 Å². The Labute approximate surface area is 198 Å². The molecule has 0 spiro atoms. The first-order valence-electron chi connectivity index (χ1n) is 11.9. The summed E-state index contributed by atoms with van der Waals surface area (Å²) in [5.41, 5.74) is 11.1. The first-order chi connectivity index (χ1) is 16.5. The molecular weight excluding hydrogens is 433 g/mol. The van der Waals surface area contributed by atoms with E-state index in [2.05, 4.69) is 32.6 Å². The lowest BCUT2D eigenvalue weighted by Gasteiger charge is -2.33. The maximum Gasteiger partial charge on any atom is 0.236 e. The van der Waals surface area contributed by atoms with Crippen molar-refractivity contribution in [2.75, 3.05) is 46.3 Å². The van der Waals surface area contributed by atoms with Crippen LogP contribution in [0.3, 0.4) is 0 Å². The minimum absolute atomic E-state index is 0.0855. The van der Waals surface area contributed by atoms with Crippen LogP contribution in [0.2, 0.25) is 0 Å². The average molecular weight is 462 g/mol. The van der Waals surface area contributed by atoms with Crippen molar-refractivity contribution in [3.63, 3.8) is 0 Å². The average Bonchev–Trinajstić information content (AvgIpc) is 3.40. The topological polar surface area (TPSA) is 71.4 Å². The van der Waals surface area contributed by atoms with E-state index in [1.54, 1.807) is 17.0 Å². The van der Waals surface area contributed by atoms with Crippen molar-refractivity contribution in [3.05, 3.63) is 69.8 Å². The molecule has 0 aromatic heterocycles. The van der Waals surface area contributed by atoms with Crippen molar-refractivity contribution < 1.29 is 14.3 Å². The third-order valence-electron chi connectivity index (χ3n) is 7.27. The highest BCUT2D eigenvalue weighted by Gasteiger charge is 2.31. The molecule has 1 aromatic rings. The number of benzene rings is 1. The number of aliphatic hydroxyl groups excluding tert-OH is 1. The van der Waals surface area contributed by atoms with E-state index in [9.17, 15) is 14.3 Å². The van der Waals surface area contributed by atoms with Crippen LogP contribution in [-0.2, 0) is 4.79 Å². The lowest BCUT2D eigenvalue weighted by molar-refractivity contribution is -0.131. The van der Waals surface area contributed by atoms with E-state index in [0.29, 0.717) is 32.6 Å². The molecule has 0 unspecified atom stereocenters. The maximum atomic E-state index is 14.5. The zero-order valence-electron chi connectivity index (χ0n) is 19.2. The van der Waals surface area contributed by atoms with Crippen LogP contribution in [0.15, 0.2) is 52.4 Å². The summed E-state index contributed by atoms with van der Waals surface area (Å²) in [7, 11) is 2.03. The largest absolute Gasteiger partial charge is 0.391 e. The molecule has 176 valence electrons. The molecule has 6 rings (SSSR count). The Morgan fingerprint density at radius 3 is 2.94 bits per heavy atom. The van der Waals surface area contributed by atoms with E-state index in [4.69, 9.17) is 0 Å². The van der Waals surface area contributed by atoms with E-state index in [0.717, 1.165) is 53.2 Å². The van der Waals surface area contributed by atoms with Crippen LogP contribution in [0.4, 0.5) is 4.39 Å². The highest BCUT2D eigenvalue weighted by atomic mass is 19.1. The SMILES string of the molecule is CN1C=C2C(=C(C3=CCN(CC(=O)N4CC[C@H](O)C4)CC3)C1)NN=C1C=Cc3cc(F)cc2c31. The van der Waals surface area contributed by atoms with Crippen molar-refractivity contribution in [3.8, 4) is 0 Å². The van der Waals surface area contributed by atoms with E-state index < -0.39 is 6.10 Å². The van der Waals surface area contributed by atoms with Gasteiger partial charge in [-0.05, 0) is 47.8 Å². The van der Waals surface area contributed by atoms with Crippen molar-refractivity contribution in [1.29, 1.82) is 0 Å². The summed E-state index contributed by atoms with van der Waals surface area (Å²) < 4.78 is 14.5. The lowest BCUT2D eigenvalue weighted by atomic mass is 9.88. The minimum atomic E-state index is -0.392. The lowest BCUT2D eigenvalue weighted by Crippen LogP contribution is -2.41. The molecule has 1 atom stereocenters. The summed E-state index contributed by atoms with van der Waals surface area (Å²) in [5, 5.41) is 14.4.